The summed E-state index contributed by atoms with van der Waals surface area (Å²) < 4.78 is 34.7. The van der Waals surface area contributed by atoms with Gasteiger partial charge in [0.2, 0.25) is 0 Å². The van der Waals surface area contributed by atoms with E-state index in [1.165, 1.54) is 12.1 Å². The molecule has 8 heteroatoms. The van der Waals surface area contributed by atoms with E-state index in [0.717, 1.165) is 5.56 Å². The van der Waals surface area contributed by atoms with Crippen LogP contribution in [0.1, 0.15) is 12.0 Å². The van der Waals surface area contributed by atoms with Crippen LogP contribution in [0.2, 0.25) is 10.0 Å². The van der Waals surface area contributed by atoms with Gasteiger partial charge in [-0.25, -0.2) is 8.42 Å². The SMILES string of the molecule is Cc1ccc(S(=O)(=O)CCC(=O)OCCOc2c(Cl)cccc2Cl)cc1. The lowest BCUT2D eigenvalue weighted by Crippen LogP contribution is -2.16. The highest BCUT2D eigenvalue weighted by atomic mass is 35.5. The average Bonchev–Trinajstić information content (AvgIpc) is 2.59. The second-order valence-electron chi connectivity index (χ2n) is 5.50. The van der Waals surface area contributed by atoms with Crippen molar-refractivity contribution in [1.82, 2.24) is 0 Å². The van der Waals surface area contributed by atoms with Gasteiger partial charge in [-0.05, 0) is 31.2 Å². The molecule has 0 atom stereocenters. The minimum atomic E-state index is -3.52. The molecule has 0 bridgehead atoms. The Labute approximate surface area is 162 Å². The van der Waals surface area contributed by atoms with Crippen LogP contribution in [-0.2, 0) is 19.4 Å². The smallest absolute Gasteiger partial charge is 0.306 e. The zero-order valence-corrected chi connectivity index (χ0v) is 16.4. The summed E-state index contributed by atoms with van der Waals surface area (Å²) in [5.74, 6) is -0.616. The number of ether oxygens (including phenoxy) is 2. The van der Waals surface area contributed by atoms with E-state index >= 15 is 0 Å². The Morgan fingerprint density at radius 1 is 1.00 bits per heavy atom. The van der Waals surface area contributed by atoms with Crippen molar-refractivity contribution < 1.29 is 22.7 Å². The molecule has 140 valence electrons. The predicted molar refractivity (Wildman–Crippen MR) is 101 cm³/mol. The highest BCUT2D eigenvalue weighted by Gasteiger charge is 2.17. The normalized spacial score (nSPS) is 11.2. The summed E-state index contributed by atoms with van der Waals surface area (Å²) in [6.07, 6.45) is -0.233. The third-order valence-electron chi connectivity index (χ3n) is 3.47. The summed E-state index contributed by atoms with van der Waals surface area (Å²) in [5, 5.41) is 0.709. The molecule has 0 heterocycles. The molecule has 0 fully saturated rings. The summed E-state index contributed by atoms with van der Waals surface area (Å²) in [5.41, 5.74) is 0.960. The van der Waals surface area contributed by atoms with Crippen molar-refractivity contribution in [3.8, 4) is 5.75 Å². The second kappa shape index (κ2) is 9.26. The number of esters is 1. The van der Waals surface area contributed by atoms with Crippen molar-refractivity contribution in [3.05, 3.63) is 58.1 Å². The third kappa shape index (κ3) is 5.90. The molecule has 0 saturated heterocycles. The number of halogens is 2. The van der Waals surface area contributed by atoms with Gasteiger partial charge in [0, 0.05) is 0 Å². The van der Waals surface area contributed by atoms with Gasteiger partial charge in [-0.15, -0.1) is 0 Å². The van der Waals surface area contributed by atoms with Crippen molar-refractivity contribution in [2.45, 2.75) is 18.2 Å². The maximum Gasteiger partial charge on any atom is 0.306 e. The molecular weight excluding hydrogens is 399 g/mol. The fourth-order valence-electron chi connectivity index (χ4n) is 2.07. The number of benzene rings is 2. The van der Waals surface area contributed by atoms with Gasteiger partial charge in [0.05, 0.1) is 27.1 Å². The van der Waals surface area contributed by atoms with E-state index in [0.29, 0.717) is 15.8 Å². The Morgan fingerprint density at radius 3 is 2.23 bits per heavy atom. The first-order valence-electron chi connectivity index (χ1n) is 7.81. The molecule has 26 heavy (non-hydrogen) atoms. The summed E-state index contributed by atoms with van der Waals surface area (Å²) in [4.78, 5) is 11.9. The molecular formula is C18H18Cl2O5S. The van der Waals surface area contributed by atoms with Gasteiger partial charge in [-0.2, -0.15) is 0 Å². The van der Waals surface area contributed by atoms with Gasteiger partial charge in [0.1, 0.15) is 13.2 Å². The molecule has 0 aliphatic carbocycles. The molecule has 0 saturated carbocycles. The van der Waals surface area contributed by atoms with Crippen molar-refractivity contribution >= 4 is 39.0 Å². The highest BCUT2D eigenvalue weighted by Crippen LogP contribution is 2.32. The molecule has 0 radical (unpaired) electrons. The number of rotatable bonds is 8. The molecule has 0 spiro atoms. The Balaban J connectivity index is 1.76. The van der Waals surface area contributed by atoms with Crippen LogP contribution >= 0.6 is 23.2 Å². The van der Waals surface area contributed by atoms with E-state index in [9.17, 15) is 13.2 Å². The standard InChI is InChI=1S/C18H18Cl2O5S/c1-13-5-7-14(8-6-13)26(22,23)12-9-17(21)24-10-11-25-18-15(19)3-2-4-16(18)20/h2-8H,9-12H2,1H3. The fraction of sp³-hybridized carbons (Fsp3) is 0.278. The minimum absolute atomic E-state index is 0.0367. The van der Waals surface area contributed by atoms with Crippen LogP contribution in [0.5, 0.6) is 5.75 Å². The first-order chi connectivity index (χ1) is 12.3. The predicted octanol–water partition coefficient (Wildman–Crippen LogP) is 4.09. The highest BCUT2D eigenvalue weighted by molar-refractivity contribution is 7.91. The van der Waals surface area contributed by atoms with E-state index in [2.05, 4.69) is 0 Å². The molecule has 0 aliphatic rings. The van der Waals surface area contributed by atoms with E-state index < -0.39 is 15.8 Å². The topological polar surface area (TPSA) is 69.7 Å². The van der Waals surface area contributed by atoms with Gasteiger partial charge in [0.15, 0.2) is 15.6 Å². The number of carbonyl (C=O) groups excluding carboxylic acids is 1. The molecule has 0 aromatic heterocycles. The van der Waals surface area contributed by atoms with E-state index in [4.69, 9.17) is 32.7 Å². The third-order valence-corrected chi connectivity index (χ3v) is 5.79. The Kier molecular flexibility index (Phi) is 7.32. The molecule has 0 N–H and O–H groups in total. The lowest BCUT2D eigenvalue weighted by Gasteiger charge is -2.10. The van der Waals surface area contributed by atoms with Crippen LogP contribution in [0.25, 0.3) is 0 Å². The number of hydrogen-bond donors (Lipinski definition) is 0. The van der Waals surface area contributed by atoms with Gasteiger partial charge in [-0.1, -0.05) is 47.0 Å². The van der Waals surface area contributed by atoms with Crippen LogP contribution in [0.3, 0.4) is 0 Å². The van der Waals surface area contributed by atoms with Gasteiger partial charge in [0.25, 0.3) is 0 Å². The number of sulfone groups is 1. The molecule has 2 aromatic rings. The van der Waals surface area contributed by atoms with Crippen LogP contribution < -0.4 is 4.74 Å². The lowest BCUT2D eigenvalue weighted by molar-refractivity contribution is -0.143. The number of carbonyl (C=O) groups is 1. The molecule has 0 amide bonds. The molecule has 2 rings (SSSR count). The molecule has 5 nitrogen and oxygen atoms in total. The zero-order valence-electron chi connectivity index (χ0n) is 14.1. The second-order valence-corrected chi connectivity index (χ2v) is 8.43. The Bertz CT molecular complexity index is 843. The fourth-order valence-corrected chi connectivity index (χ4v) is 3.80. The van der Waals surface area contributed by atoms with Crippen molar-refractivity contribution in [3.63, 3.8) is 0 Å². The zero-order chi connectivity index (χ0) is 19.2. The molecule has 0 unspecified atom stereocenters. The first-order valence-corrected chi connectivity index (χ1v) is 10.2. The Hall–Kier alpha value is -1.76. The quantitative estimate of drug-likeness (QED) is 0.478. The Morgan fingerprint density at radius 2 is 1.62 bits per heavy atom. The summed E-state index contributed by atoms with van der Waals surface area (Å²) in [7, 11) is -3.52. The maximum atomic E-state index is 12.2. The van der Waals surface area contributed by atoms with E-state index in [-0.39, 0.29) is 30.3 Å². The number of aryl methyl sites for hydroxylation is 1. The number of hydrogen-bond acceptors (Lipinski definition) is 5. The van der Waals surface area contributed by atoms with Crippen molar-refractivity contribution in [2.75, 3.05) is 19.0 Å². The lowest BCUT2D eigenvalue weighted by atomic mass is 10.2. The van der Waals surface area contributed by atoms with Crippen LogP contribution in [0.4, 0.5) is 0 Å². The largest absolute Gasteiger partial charge is 0.487 e. The van der Waals surface area contributed by atoms with Crippen molar-refractivity contribution in [2.24, 2.45) is 0 Å². The number of para-hydroxylation sites is 1. The summed E-state index contributed by atoms with van der Waals surface area (Å²) in [6.45, 7) is 1.89. The minimum Gasteiger partial charge on any atom is -0.487 e. The van der Waals surface area contributed by atoms with E-state index in [1.807, 2.05) is 6.92 Å². The summed E-state index contributed by atoms with van der Waals surface area (Å²) in [6, 6.07) is 11.4. The van der Waals surface area contributed by atoms with Crippen LogP contribution in [-0.4, -0.2) is 33.4 Å². The molecule has 0 aliphatic heterocycles. The van der Waals surface area contributed by atoms with Crippen LogP contribution in [0, 0.1) is 6.92 Å². The van der Waals surface area contributed by atoms with Gasteiger partial charge >= 0.3 is 5.97 Å². The van der Waals surface area contributed by atoms with Crippen molar-refractivity contribution in [1.29, 1.82) is 0 Å². The van der Waals surface area contributed by atoms with E-state index in [1.54, 1.807) is 30.3 Å². The monoisotopic (exact) mass is 416 g/mol. The first kappa shape index (κ1) is 20.6. The average molecular weight is 417 g/mol. The molecule has 2 aromatic carbocycles. The van der Waals surface area contributed by atoms with Gasteiger partial charge < -0.3 is 9.47 Å². The van der Waals surface area contributed by atoms with Gasteiger partial charge in [-0.3, -0.25) is 4.79 Å². The summed E-state index contributed by atoms with van der Waals surface area (Å²) >= 11 is 11.9. The van der Waals surface area contributed by atoms with Crippen LogP contribution in [0.15, 0.2) is 47.4 Å². The maximum absolute atomic E-state index is 12.2.